The Hall–Kier alpha value is -2.53. The van der Waals surface area contributed by atoms with Crippen molar-refractivity contribution in [2.24, 2.45) is 7.05 Å². The molecule has 3 rings (SSSR count). The molecule has 140 valence electrons. The summed E-state index contributed by atoms with van der Waals surface area (Å²) in [5.74, 6) is -0.0243. The Morgan fingerprint density at radius 1 is 1.00 bits per heavy atom. The van der Waals surface area contributed by atoms with Crippen molar-refractivity contribution in [1.29, 1.82) is 0 Å². The molecule has 0 aliphatic rings. The molecule has 1 N–H and O–H groups in total. The molecule has 0 atom stereocenters. The van der Waals surface area contributed by atoms with Gasteiger partial charge in [0.05, 0.1) is 12.1 Å². The molecule has 0 fully saturated rings. The third-order valence-corrected chi connectivity index (χ3v) is 5.85. The average Bonchev–Trinajstić information content (AvgIpc) is 2.86. The number of hydrogen-bond acceptors (Lipinski definition) is 3. The fraction of sp³-hybridized carbons (Fsp3) is 0.273. The summed E-state index contributed by atoms with van der Waals surface area (Å²) >= 11 is 1.72. The Labute approximate surface area is 165 Å². The first-order valence-corrected chi connectivity index (χ1v) is 9.79. The first-order valence-electron chi connectivity index (χ1n) is 8.97. The van der Waals surface area contributed by atoms with E-state index in [1.54, 1.807) is 11.8 Å². The number of nitrogens with one attached hydrogen (secondary N) is 1. The minimum atomic E-state index is -0.0243. The van der Waals surface area contributed by atoms with Crippen LogP contribution in [0.15, 0.2) is 52.3 Å². The summed E-state index contributed by atoms with van der Waals surface area (Å²) in [5, 5.41) is 7.34. The number of hydrogen-bond donors (Lipinski definition) is 1. The molecule has 0 radical (unpaired) electrons. The first-order chi connectivity index (χ1) is 12.8. The highest BCUT2D eigenvalue weighted by Crippen LogP contribution is 2.29. The van der Waals surface area contributed by atoms with Crippen molar-refractivity contribution in [3.63, 3.8) is 0 Å². The van der Waals surface area contributed by atoms with Crippen molar-refractivity contribution in [1.82, 2.24) is 9.78 Å². The van der Waals surface area contributed by atoms with Crippen molar-refractivity contribution in [3.8, 4) is 0 Å². The number of nitrogens with zero attached hydrogens (tertiary/aromatic N) is 2. The zero-order valence-electron chi connectivity index (χ0n) is 16.5. The number of anilines is 1. The summed E-state index contributed by atoms with van der Waals surface area (Å²) in [6, 6.07) is 14.5. The van der Waals surface area contributed by atoms with Gasteiger partial charge in [-0.05, 0) is 75.2 Å². The van der Waals surface area contributed by atoms with Gasteiger partial charge in [0.1, 0.15) is 0 Å². The molecular formula is C22H25N3OS. The first kappa shape index (κ1) is 19.2. The second-order valence-corrected chi connectivity index (χ2v) is 8.02. The van der Waals surface area contributed by atoms with Gasteiger partial charge in [-0.3, -0.25) is 9.48 Å². The fourth-order valence-corrected chi connectivity index (χ4v) is 3.87. The van der Waals surface area contributed by atoms with E-state index < -0.39 is 0 Å². The summed E-state index contributed by atoms with van der Waals surface area (Å²) in [4.78, 5) is 14.8. The van der Waals surface area contributed by atoms with Crippen molar-refractivity contribution in [2.75, 3.05) is 5.32 Å². The maximum absolute atomic E-state index is 12.4. The van der Waals surface area contributed by atoms with Gasteiger partial charge in [0.2, 0.25) is 5.91 Å². The largest absolute Gasteiger partial charge is 0.326 e. The number of aromatic nitrogens is 2. The summed E-state index contributed by atoms with van der Waals surface area (Å²) in [6.07, 6.45) is 0.338. The van der Waals surface area contributed by atoms with Crippen LogP contribution in [0.5, 0.6) is 0 Å². The Morgan fingerprint density at radius 3 is 2.26 bits per heavy atom. The molecule has 1 amide bonds. The number of aryl methyl sites for hydroxylation is 4. The van der Waals surface area contributed by atoms with Crippen LogP contribution in [0.1, 0.15) is 28.1 Å². The van der Waals surface area contributed by atoms with Crippen molar-refractivity contribution >= 4 is 23.4 Å². The summed E-state index contributed by atoms with van der Waals surface area (Å²) in [7, 11) is 1.90. The smallest absolute Gasteiger partial charge is 0.228 e. The van der Waals surface area contributed by atoms with Crippen LogP contribution in [0.25, 0.3) is 0 Å². The van der Waals surface area contributed by atoms with Gasteiger partial charge in [-0.1, -0.05) is 17.8 Å². The van der Waals surface area contributed by atoms with E-state index in [2.05, 4.69) is 42.5 Å². The third kappa shape index (κ3) is 4.61. The molecule has 0 saturated carbocycles. The fourth-order valence-electron chi connectivity index (χ4n) is 2.96. The molecule has 0 unspecified atom stereocenters. The highest BCUT2D eigenvalue weighted by Gasteiger charge is 2.13. The van der Waals surface area contributed by atoms with E-state index >= 15 is 0 Å². The lowest BCUT2D eigenvalue weighted by atomic mass is 10.1. The van der Waals surface area contributed by atoms with Crippen LogP contribution in [-0.4, -0.2) is 15.7 Å². The number of rotatable bonds is 5. The maximum Gasteiger partial charge on any atom is 0.228 e. The van der Waals surface area contributed by atoms with Crippen molar-refractivity contribution in [3.05, 3.63) is 70.5 Å². The van der Waals surface area contributed by atoms with Crippen LogP contribution in [0.3, 0.4) is 0 Å². The van der Waals surface area contributed by atoms with Gasteiger partial charge in [0, 0.05) is 33.8 Å². The summed E-state index contributed by atoms with van der Waals surface area (Å²) < 4.78 is 1.82. The number of carbonyl (C=O) groups is 1. The number of benzene rings is 2. The molecule has 27 heavy (non-hydrogen) atoms. The molecule has 5 heteroatoms. The standard InChI is InChI=1S/C22H25N3OS/c1-14-6-9-20(12-15(14)2)27-19-10-7-18(8-11-19)23-22(26)13-21-16(3)24-25(5)17(21)4/h6-12H,13H2,1-5H3,(H,23,26). The second-order valence-electron chi connectivity index (χ2n) is 6.87. The molecule has 0 aliphatic heterocycles. The van der Waals surface area contributed by atoms with Gasteiger partial charge in [-0.15, -0.1) is 0 Å². The summed E-state index contributed by atoms with van der Waals surface area (Å²) in [5.41, 5.74) is 6.34. The molecule has 2 aromatic carbocycles. The number of amides is 1. The van der Waals surface area contributed by atoms with E-state index in [4.69, 9.17) is 0 Å². The van der Waals surface area contributed by atoms with E-state index in [-0.39, 0.29) is 5.91 Å². The Morgan fingerprint density at radius 2 is 1.67 bits per heavy atom. The zero-order valence-corrected chi connectivity index (χ0v) is 17.3. The van der Waals surface area contributed by atoms with Crippen molar-refractivity contribution < 1.29 is 4.79 Å². The highest BCUT2D eigenvalue weighted by atomic mass is 32.2. The van der Waals surface area contributed by atoms with E-state index in [9.17, 15) is 4.79 Å². The van der Waals surface area contributed by atoms with Crippen LogP contribution < -0.4 is 5.32 Å². The molecule has 1 aromatic heterocycles. The van der Waals surface area contributed by atoms with Gasteiger partial charge < -0.3 is 5.32 Å². The van der Waals surface area contributed by atoms with E-state index in [0.717, 1.165) is 27.5 Å². The van der Waals surface area contributed by atoms with E-state index in [0.29, 0.717) is 6.42 Å². The molecular weight excluding hydrogens is 354 g/mol. The Kier molecular flexibility index (Phi) is 5.71. The van der Waals surface area contributed by atoms with Crippen LogP contribution in [0.2, 0.25) is 0 Å². The lowest BCUT2D eigenvalue weighted by Gasteiger charge is -2.08. The van der Waals surface area contributed by atoms with Crippen molar-refractivity contribution in [2.45, 2.75) is 43.9 Å². The second kappa shape index (κ2) is 8.01. The van der Waals surface area contributed by atoms with Crippen LogP contribution >= 0.6 is 11.8 Å². The average molecular weight is 380 g/mol. The SMILES string of the molecule is Cc1ccc(Sc2ccc(NC(=O)Cc3c(C)nn(C)c3C)cc2)cc1C. The molecule has 3 aromatic rings. The van der Waals surface area contributed by atoms with Gasteiger partial charge in [0.25, 0.3) is 0 Å². The summed E-state index contributed by atoms with van der Waals surface area (Å²) in [6.45, 7) is 8.18. The molecule has 0 aliphatic carbocycles. The predicted octanol–water partition coefficient (Wildman–Crippen LogP) is 4.99. The zero-order chi connectivity index (χ0) is 19.6. The highest BCUT2D eigenvalue weighted by molar-refractivity contribution is 7.99. The molecule has 0 bridgehead atoms. The van der Waals surface area contributed by atoms with Gasteiger partial charge >= 0.3 is 0 Å². The molecule has 4 nitrogen and oxygen atoms in total. The quantitative estimate of drug-likeness (QED) is 0.680. The minimum absolute atomic E-state index is 0.0243. The van der Waals surface area contributed by atoms with E-state index in [1.165, 1.54) is 16.0 Å². The van der Waals surface area contributed by atoms with Crippen LogP contribution in [0, 0.1) is 27.7 Å². The molecule has 1 heterocycles. The monoisotopic (exact) mass is 379 g/mol. The lowest BCUT2D eigenvalue weighted by molar-refractivity contribution is -0.115. The normalized spacial score (nSPS) is 10.9. The molecule has 0 spiro atoms. The minimum Gasteiger partial charge on any atom is -0.326 e. The topological polar surface area (TPSA) is 46.9 Å². The Bertz CT molecular complexity index is 974. The van der Waals surface area contributed by atoms with Gasteiger partial charge in [0.15, 0.2) is 0 Å². The molecule has 0 saturated heterocycles. The third-order valence-electron chi connectivity index (χ3n) is 4.85. The maximum atomic E-state index is 12.4. The van der Waals surface area contributed by atoms with Gasteiger partial charge in [-0.2, -0.15) is 5.10 Å². The van der Waals surface area contributed by atoms with Gasteiger partial charge in [-0.25, -0.2) is 0 Å². The number of carbonyl (C=O) groups excluding carboxylic acids is 1. The van der Waals surface area contributed by atoms with Crippen LogP contribution in [-0.2, 0) is 18.3 Å². The van der Waals surface area contributed by atoms with Crippen LogP contribution in [0.4, 0.5) is 5.69 Å². The van der Waals surface area contributed by atoms with E-state index in [1.807, 2.05) is 49.8 Å². The predicted molar refractivity (Wildman–Crippen MR) is 111 cm³/mol. The Balaban J connectivity index is 1.63. The lowest BCUT2D eigenvalue weighted by Crippen LogP contribution is -2.15.